The Labute approximate surface area is 111 Å². The average molecular weight is 263 g/mol. The number of aromatic nitrogens is 2. The minimum atomic E-state index is -0.0238. The Morgan fingerprint density at radius 2 is 2.28 bits per heavy atom. The van der Waals surface area contributed by atoms with E-state index in [1.54, 1.807) is 0 Å². The summed E-state index contributed by atoms with van der Waals surface area (Å²) in [5.41, 5.74) is 2.97. The van der Waals surface area contributed by atoms with E-state index in [1.807, 2.05) is 49.0 Å². The number of fused-ring (bicyclic) bond motifs is 1. The lowest BCUT2D eigenvalue weighted by Crippen LogP contribution is -2.30. The van der Waals surface area contributed by atoms with Crippen LogP contribution in [0.2, 0.25) is 0 Å². The number of pyridine rings is 1. The van der Waals surface area contributed by atoms with Crippen LogP contribution in [0.1, 0.15) is 18.2 Å². The number of thioether (sulfide) groups is 1. The number of carbonyl (C=O) groups is 1. The standard InChI is InChI=1S/C13H17N3OS/c1-9-4-5-12-15-11(8-16(12)7-9)6-14-13(17)10(2)18-3/h4-5,7-8,10H,6H2,1-3H3,(H,14,17)/t10-/m0/s1. The SMILES string of the molecule is CS[C@@H](C)C(=O)NCc1cn2cc(C)ccc2n1. The van der Waals surface area contributed by atoms with Gasteiger partial charge in [-0.15, -0.1) is 0 Å². The summed E-state index contributed by atoms with van der Waals surface area (Å²) in [6.45, 7) is 4.42. The molecule has 4 nitrogen and oxygen atoms in total. The number of hydrogen-bond acceptors (Lipinski definition) is 3. The van der Waals surface area contributed by atoms with E-state index in [-0.39, 0.29) is 11.2 Å². The second-order valence-electron chi connectivity index (χ2n) is 4.30. The third-order valence-corrected chi connectivity index (χ3v) is 3.74. The van der Waals surface area contributed by atoms with E-state index < -0.39 is 0 Å². The Kier molecular flexibility index (Phi) is 3.91. The molecule has 0 aliphatic heterocycles. The van der Waals surface area contributed by atoms with Crippen LogP contribution in [0.4, 0.5) is 0 Å². The monoisotopic (exact) mass is 263 g/mol. The van der Waals surface area contributed by atoms with Gasteiger partial charge in [-0.2, -0.15) is 11.8 Å². The van der Waals surface area contributed by atoms with Gasteiger partial charge in [0.1, 0.15) is 5.65 Å². The van der Waals surface area contributed by atoms with Crippen molar-refractivity contribution in [3.63, 3.8) is 0 Å². The molecule has 2 aromatic heterocycles. The van der Waals surface area contributed by atoms with Gasteiger partial charge < -0.3 is 9.72 Å². The first-order chi connectivity index (χ1) is 8.60. The van der Waals surface area contributed by atoms with E-state index in [9.17, 15) is 4.79 Å². The predicted molar refractivity (Wildman–Crippen MR) is 74.8 cm³/mol. The summed E-state index contributed by atoms with van der Waals surface area (Å²) in [6.07, 6.45) is 5.91. The Morgan fingerprint density at radius 1 is 1.50 bits per heavy atom. The zero-order valence-corrected chi connectivity index (χ0v) is 11.6. The molecule has 0 unspecified atom stereocenters. The number of nitrogens with zero attached hydrogens (tertiary/aromatic N) is 2. The second-order valence-corrected chi connectivity index (χ2v) is 5.48. The van der Waals surface area contributed by atoms with Crippen molar-refractivity contribution in [2.75, 3.05) is 6.26 Å². The van der Waals surface area contributed by atoms with Crippen LogP contribution in [0.3, 0.4) is 0 Å². The zero-order chi connectivity index (χ0) is 13.1. The van der Waals surface area contributed by atoms with Crippen LogP contribution in [-0.4, -0.2) is 26.8 Å². The summed E-state index contributed by atoms with van der Waals surface area (Å²) in [6, 6.07) is 4.01. The highest BCUT2D eigenvalue weighted by Crippen LogP contribution is 2.08. The molecule has 0 spiro atoms. The molecule has 0 saturated carbocycles. The van der Waals surface area contributed by atoms with Crippen molar-refractivity contribution in [1.82, 2.24) is 14.7 Å². The fourth-order valence-corrected chi connectivity index (χ4v) is 1.97. The maximum atomic E-state index is 11.7. The van der Waals surface area contributed by atoms with Gasteiger partial charge in [0.15, 0.2) is 0 Å². The molecule has 18 heavy (non-hydrogen) atoms. The zero-order valence-electron chi connectivity index (χ0n) is 10.8. The van der Waals surface area contributed by atoms with Gasteiger partial charge in [0, 0.05) is 12.4 Å². The maximum Gasteiger partial charge on any atom is 0.233 e. The van der Waals surface area contributed by atoms with Crippen LogP contribution >= 0.6 is 11.8 Å². The summed E-state index contributed by atoms with van der Waals surface area (Å²) in [4.78, 5) is 16.1. The highest BCUT2D eigenvalue weighted by atomic mass is 32.2. The minimum Gasteiger partial charge on any atom is -0.349 e. The maximum absolute atomic E-state index is 11.7. The molecule has 0 fully saturated rings. The highest BCUT2D eigenvalue weighted by molar-refractivity contribution is 7.99. The topological polar surface area (TPSA) is 46.4 Å². The van der Waals surface area contributed by atoms with Crippen molar-refractivity contribution in [3.05, 3.63) is 35.8 Å². The number of amides is 1. The third kappa shape index (κ3) is 2.85. The number of aryl methyl sites for hydroxylation is 1. The van der Waals surface area contributed by atoms with Crippen LogP contribution in [0, 0.1) is 6.92 Å². The van der Waals surface area contributed by atoms with E-state index in [4.69, 9.17) is 0 Å². The number of imidazole rings is 1. The van der Waals surface area contributed by atoms with E-state index in [0.717, 1.165) is 11.3 Å². The molecule has 2 aromatic rings. The molecule has 1 amide bonds. The van der Waals surface area contributed by atoms with Gasteiger partial charge in [0.25, 0.3) is 0 Å². The van der Waals surface area contributed by atoms with Crippen LogP contribution in [0.5, 0.6) is 0 Å². The van der Waals surface area contributed by atoms with Crippen LogP contribution in [0.15, 0.2) is 24.5 Å². The first-order valence-corrected chi connectivity index (χ1v) is 7.13. The Bertz CT molecular complexity index is 564. The van der Waals surface area contributed by atoms with E-state index >= 15 is 0 Å². The molecule has 96 valence electrons. The average Bonchev–Trinajstić information content (AvgIpc) is 2.76. The molecule has 2 heterocycles. The lowest BCUT2D eigenvalue weighted by atomic mass is 10.3. The van der Waals surface area contributed by atoms with Crippen LogP contribution in [-0.2, 0) is 11.3 Å². The fourth-order valence-electron chi connectivity index (χ4n) is 1.67. The van der Waals surface area contributed by atoms with E-state index in [2.05, 4.69) is 10.3 Å². The molecule has 0 aromatic carbocycles. The molecular formula is C13H17N3OS. The molecule has 0 radical (unpaired) electrons. The van der Waals surface area contributed by atoms with Gasteiger partial charge in [0.2, 0.25) is 5.91 Å². The Hall–Kier alpha value is -1.49. The largest absolute Gasteiger partial charge is 0.349 e. The van der Waals surface area contributed by atoms with Crippen molar-refractivity contribution in [1.29, 1.82) is 0 Å². The summed E-state index contributed by atoms with van der Waals surface area (Å²) in [7, 11) is 0. The van der Waals surface area contributed by atoms with Gasteiger partial charge in [-0.3, -0.25) is 4.79 Å². The van der Waals surface area contributed by atoms with Crippen molar-refractivity contribution in [2.24, 2.45) is 0 Å². The lowest BCUT2D eigenvalue weighted by Gasteiger charge is -2.07. The van der Waals surface area contributed by atoms with E-state index in [0.29, 0.717) is 6.54 Å². The second kappa shape index (κ2) is 5.44. The third-order valence-electron chi connectivity index (χ3n) is 2.82. The number of rotatable bonds is 4. The number of hydrogen-bond donors (Lipinski definition) is 1. The lowest BCUT2D eigenvalue weighted by molar-refractivity contribution is -0.120. The molecule has 2 rings (SSSR count). The molecular weight excluding hydrogens is 246 g/mol. The molecule has 1 atom stereocenters. The molecule has 1 N–H and O–H groups in total. The summed E-state index contributed by atoms with van der Waals surface area (Å²) >= 11 is 1.54. The van der Waals surface area contributed by atoms with Crippen LogP contribution in [0.25, 0.3) is 5.65 Å². The molecule has 0 aliphatic rings. The van der Waals surface area contributed by atoms with Crippen molar-refractivity contribution >= 4 is 23.3 Å². The number of nitrogens with one attached hydrogen (secondary N) is 1. The van der Waals surface area contributed by atoms with Crippen LogP contribution < -0.4 is 5.32 Å². The number of carbonyl (C=O) groups excluding carboxylic acids is 1. The highest BCUT2D eigenvalue weighted by Gasteiger charge is 2.11. The van der Waals surface area contributed by atoms with Gasteiger partial charge >= 0.3 is 0 Å². The molecule has 0 saturated heterocycles. The summed E-state index contributed by atoms with van der Waals surface area (Å²) in [5.74, 6) is 0.0516. The molecule has 0 aliphatic carbocycles. The Balaban J connectivity index is 2.06. The van der Waals surface area contributed by atoms with Crippen molar-refractivity contribution < 1.29 is 4.79 Å². The quantitative estimate of drug-likeness (QED) is 0.918. The predicted octanol–water partition coefficient (Wildman–Crippen LogP) is 2.01. The summed E-state index contributed by atoms with van der Waals surface area (Å²) < 4.78 is 1.98. The van der Waals surface area contributed by atoms with Gasteiger partial charge in [0.05, 0.1) is 17.5 Å². The Morgan fingerprint density at radius 3 is 3.00 bits per heavy atom. The first-order valence-electron chi connectivity index (χ1n) is 5.85. The van der Waals surface area contributed by atoms with Gasteiger partial charge in [-0.1, -0.05) is 6.07 Å². The first kappa shape index (κ1) is 13.0. The van der Waals surface area contributed by atoms with Crippen molar-refractivity contribution in [2.45, 2.75) is 25.6 Å². The molecule has 5 heteroatoms. The normalized spacial score (nSPS) is 12.6. The molecule has 0 bridgehead atoms. The van der Waals surface area contributed by atoms with E-state index in [1.165, 1.54) is 17.3 Å². The summed E-state index contributed by atoms with van der Waals surface area (Å²) in [5, 5.41) is 2.87. The fraction of sp³-hybridized carbons (Fsp3) is 0.385. The van der Waals surface area contributed by atoms with Gasteiger partial charge in [-0.05, 0) is 31.7 Å². The van der Waals surface area contributed by atoms with Crippen molar-refractivity contribution in [3.8, 4) is 0 Å². The minimum absolute atomic E-state index is 0.0238. The smallest absolute Gasteiger partial charge is 0.233 e. The van der Waals surface area contributed by atoms with Gasteiger partial charge in [-0.25, -0.2) is 4.98 Å².